The molecule has 30 heavy (non-hydrogen) atoms. The molecule has 2 aromatic rings. The molecule has 2 aromatic carbocycles. The molecule has 1 N–H and O–H groups in total. The quantitative estimate of drug-likeness (QED) is 0.446. The number of carbonyl (C=O) groups is 3. The summed E-state index contributed by atoms with van der Waals surface area (Å²) in [7, 11) is 0. The monoisotopic (exact) mass is 411 g/mol. The Labute approximate surface area is 170 Å². The second-order valence-electron chi connectivity index (χ2n) is 7.62. The van der Waals surface area contributed by atoms with E-state index in [1.54, 1.807) is 12.1 Å². The van der Waals surface area contributed by atoms with Gasteiger partial charge in [0, 0.05) is 18.0 Å². The Kier molecular flexibility index (Phi) is 4.60. The number of halogens is 1. The van der Waals surface area contributed by atoms with E-state index in [9.17, 15) is 28.9 Å². The number of hydrogen-bond donors (Lipinski definition) is 1. The zero-order valence-corrected chi connectivity index (χ0v) is 16.1. The van der Waals surface area contributed by atoms with E-state index < -0.39 is 34.4 Å². The van der Waals surface area contributed by atoms with Crippen LogP contribution in [0.2, 0.25) is 0 Å². The standard InChI is InChI=1S/C21H18FN3O5/c1-12(18(26)23-11-21(9-10-21)13-5-7-14(22)8-6-13)24-19(27)15-3-2-4-16(25(29)30)17(15)20(24)28/h2-8,12H,9-11H2,1H3,(H,23,26). The number of carbonyl (C=O) groups excluding carboxylic acids is 3. The van der Waals surface area contributed by atoms with Crippen LogP contribution in [0.4, 0.5) is 10.1 Å². The number of nitro benzene ring substituents is 1. The van der Waals surface area contributed by atoms with Gasteiger partial charge in [0.2, 0.25) is 5.91 Å². The number of imide groups is 1. The number of benzene rings is 2. The summed E-state index contributed by atoms with van der Waals surface area (Å²) in [5.74, 6) is -2.47. The number of fused-ring (bicyclic) bond motifs is 1. The minimum absolute atomic E-state index is 0.0844. The number of nitrogens with zero attached hydrogens (tertiary/aromatic N) is 2. The van der Waals surface area contributed by atoms with E-state index in [4.69, 9.17) is 0 Å². The summed E-state index contributed by atoms with van der Waals surface area (Å²) < 4.78 is 13.2. The van der Waals surface area contributed by atoms with Crippen LogP contribution in [0.1, 0.15) is 46.0 Å². The lowest BCUT2D eigenvalue weighted by Gasteiger charge is -2.23. The summed E-state index contributed by atoms with van der Waals surface area (Å²) in [5, 5.41) is 14.0. The van der Waals surface area contributed by atoms with Gasteiger partial charge >= 0.3 is 0 Å². The first-order valence-corrected chi connectivity index (χ1v) is 9.44. The molecule has 9 heteroatoms. The average molecular weight is 411 g/mol. The highest BCUT2D eigenvalue weighted by Crippen LogP contribution is 2.47. The predicted octanol–water partition coefficient (Wildman–Crippen LogP) is 2.57. The maximum absolute atomic E-state index is 13.2. The molecule has 1 fully saturated rings. The van der Waals surface area contributed by atoms with Crippen LogP contribution >= 0.6 is 0 Å². The van der Waals surface area contributed by atoms with E-state index in [1.807, 2.05) is 0 Å². The maximum atomic E-state index is 13.2. The van der Waals surface area contributed by atoms with Crippen molar-refractivity contribution in [2.24, 2.45) is 0 Å². The van der Waals surface area contributed by atoms with Gasteiger partial charge in [0.05, 0.1) is 10.5 Å². The minimum atomic E-state index is -1.14. The van der Waals surface area contributed by atoms with Crippen molar-refractivity contribution in [3.63, 3.8) is 0 Å². The Balaban J connectivity index is 1.49. The third-order valence-electron chi connectivity index (χ3n) is 5.80. The second kappa shape index (κ2) is 7.01. The van der Waals surface area contributed by atoms with Gasteiger partial charge in [-0.2, -0.15) is 0 Å². The largest absolute Gasteiger partial charge is 0.353 e. The summed E-state index contributed by atoms with van der Waals surface area (Å²) in [6, 6.07) is 8.77. The lowest BCUT2D eigenvalue weighted by Crippen LogP contribution is -2.49. The normalized spacial score (nSPS) is 17.5. The molecule has 1 aliphatic heterocycles. The van der Waals surface area contributed by atoms with E-state index >= 15 is 0 Å². The Morgan fingerprint density at radius 1 is 1.20 bits per heavy atom. The highest BCUT2D eigenvalue weighted by atomic mass is 19.1. The van der Waals surface area contributed by atoms with Crippen LogP contribution in [0.3, 0.4) is 0 Å². The lowest BCUT2D eigenvalue weighted by molar-refractivity contribution is -0.385. The van der Waals surface area contributed by atoms with Crippen LogP contribution in [-0.4, -0.2) is 40.1 Å². The molecule has 4 rings (SSSR count). The number of rotatable bonds is 6. The molecule has 1 heterocycles. The van der Waals surface area contributed by atoms with Crippen LogP contribution in [-0.2, 0) is 10.2 Å². The summed E-state index contributed by atoms with van der Waals surface area (Å²) in [4.78, 5) is 49.3. The van der Waals surface area contributed by atoms with E-state index in [2.05, 4.69) is 5.32 Å². The van der Waals surface area contributed by atoms with Gasteiger partial charge in [-0.05, 0) is 43.5 Å². The molecule has 154 valence electrons. The molecule has 0 spiro atoms. The van der Waals surface area contributed by atoms with Crippen LogP contribution in [0.15, 0.2) is 42.5 Å². The molecule has 0 aromatic heterocycles. The molecule has 2 aliphatic rings. The topological polar surface area (TPSA) is 110 Å². The van der Waals surface area contributed by atoms with Crippen molar-refractivity contribution in [2.45, 2.75) is 31.2 Å². The van der Waals surface area contributed by atoms with Gasteiger partial charge in [0.1, 0.15) is 17.4 Å². The van der Waals surface area contributed by atoms with Gasteiger partial charge in [0.15, 0.2) is 0 Å². The summed E-state index contributed by atoms with van der Waals surface area (Å²) >= 11 is 0. The highest BCUT2D eigenvalue weighted by molar-refractivity contribution is 6.24. The molecule has 8 nitrogen and oxygen atoms in total. The second-order valence-corrected chi connectivity index (χ2v) is 7.62. The smallest absolute Gasteiger partial charge is 0.282 e. The summed E-state index contributed by atoms with van der Waals surface area (Å²) in [6.07, 6.45) is 1.65. The van der Waals surface area contributed by atoms with Crippen molar-refractivity contribution in [2.75, 3.05) is 6.54 Å². The molecule has 1 unspecified atom stereocenters. The Morgan fingerprint density at radius 2 is 1.87 bits per heavy atom. The summed E-state index contributed by atoms with van der Waals surface area (Å²) in [6.45, 7) is 1.69. The SMILES string of the molecule is CC(C(=O)NCC1(c2ccc(F)cc2)CC1)N1C(=O)c2cccc([N+](=O)[O-])c2C1=O. The third-order valence-corrected chi connectivity index (χ3v) is 5.80. The van der Waals surface area contributed by atoms with E-state index in [1.165, 1.54) is 31.2 Å². The fourth-order valence-electron chi connectivity index (χ4n) is 3.83. The third kappa shape index (κ3) is 3.12. The zero-order chi connectivity index (χ0) is 21.6. The fraction of sp³-hybridized carbons (Fsp3) is 0.286. The van der Waals surface area contributed by atoms with Crippen LogP contribution in [0.25, 0.3) is 0 Å². The van der Waals surface area contributed by atoms with Gasteiger partial charge in [0.25, 0.3) is 17.5 Å². The predicted molar refractivity (Wildman–Crippen MR) is 103 cm³/mol. The molecule has 0 radical (unpaired) electrons. The Bertz CT molecular complexity index is 1080. The summed E-state index contributed by atoms with van der Waals surface area (Å²) in [5.41, 5.74) is -0.220. The number of nitro groups is 1. The molecule has 3 amide bonds. The first-order chi connectivity index (χ1) is 14.2. The molecule has 0 saturated heterocycles. The van der Waals surface area contributed by atoms with Gasteiger partial charge in [-0.3, -0.25) is 29.4 Å². The Hall–Kier alpha value is -3.62. The van der Waals surface area contributed by atoms with Crippen LogP contribution in [0, 0.1) is 15.9 Å². The lowest BCUT2D eigenvalue weighted by atomic mass is 9.96. The molecular weight excluding hydrogens is 393 g/mol. The minimum Gasteiger partial charge on any atom is -0.353 e. The highest BCUT2D eigenvalue weighted by Gasteiger charge is 2.47. The number of nitrogens with one attached hydrogen (secondary N) is 1. The molecule has 1 atom stereocenters. The molecular formula is C21H18FN3O5. The molecule has 0 bridgehead atoms. The van der Waals surface area contributed by atoms with Crippen molar-refractivity contribution < 1.29 is 23.7 Å². The van der Waals surface area contributed by atoms with E-state index in [0.717, 1.165) is 29.4 Å². The van der Waals surface area contributed by atoms with Gasteiger partial charge < -0.3 is 5.32 Å². The van der Waals surface area contributed by atoms with E-state index in [-0.39, 0.29) is 28.9 Å². The number of amides is 3. The maximum Gasteiger partial charge on any atom is 0.282 e. The number of hydrogen-bond acceptors (Lipinski definition) is 5. The van der Waals surface area contributed by atoms with Crippen LogP contribution in [0.5, 0.6) is 0 Å². The Morgan fingerprint density at radius 3 is 2.47 bits per heavy atom. The van der Waals surface area contributed by atoms with Crippen LogP contribution < -0.4 is 5.32 Å². The average Bonchev–Trinajstić information content (AvgIpc) is 3.47. The van der Waals surface area contributed by atoms with Crippen molar-refractivity contribution in [3.8, 4) is 0 Å². The molecule has 1 aliphatic carbocycles. The van der Waals surface area contributed by atoms with Gasteiger partial charge in [-0.1, -0.05) is 18.2 Å². The van der Waals surface area contributed by atoms with E-state index in [0.29, 0.717) is 0 Å². The zero-order valence-electron chi connectivity index (χ0n) is 16.1. The van der Waals surface area contributed by atoms with Gasteiger partial charge in [-0.25, -0.2) is 4.39 Å². The first-order valence-electron chi connectivity index (χ1n) is 9.44. The van der Waals surface area contributed by atoms with Gasteiger partial charge in [-0.15, -0.1) is 0 Å². The van der Waals surface area contributed by atoms with Crippen molar-refractivity contribution in [3.05, 3.63) is 75.1 Å². The van der Waals surface area contributed by atoms with Crippen molar-refractivity contribution in [1.29, 1.82) is 0 Å². The van der Waals surface area contributed by atoms with Crippen molar-refractivity contribution in [1.82, 2.24) is 10.2 Å². The van der Waals surface area contributed by atoms with Crippen molar-refractivity contribution >= 4 is 23.4 Å². The fourth-order valence-corrected chi connectivity index (χ4v) is 3.83. The molecule has 1 saturated carbocycles. The first kappa shape index (κ1) is 19.7.